The van der Waals surface area contributed by atoms with E-state index in [2.05, 4.69) is 475 Å². The number of nitrogens with zero attached hydrogens (tertiary/aromatic N) is 4. The number of benzene rings is 20. The van der Waals surface area contributed by atoms with E-state index >= 15 is 0 Å². The number of fused-ring (bicyclic) bond motifs is 22. The van der Waals surface area contributed by atoms with E-state index in [1.54, 1.807) is 0 Å². The van der Waals surface area contributed by atoms with E-state index in [0.717, 1.165) is 47.8 Å². The molecule has 4 heterocycles. The first kappa shape index (κ1) is 86.7. The number of rotatable bonds is 5. The Labute approximate surface area is 820 Å². The van der Waals surface area contributed by atoms with Gasteiger partial charge in [0.25, 0.3) is 0 Å². The van der Waals surface area contributed by atoms with Crippen LogP contribution in [0.2, 0.25) is 0 Å². The van der Waals surface area contributed by atoms with Crippen molar-refractivity contribution in [2.45, 2.75) is 180 Å². The van der Waals surface area contributed by atoms with Crippen molar-refractivity contribution in [2.24, 2.45) is 0 Å². The Morgan fingerprint density at radius 3 is 0.943 bits per heavy atom. The molecule has 4 nitrogen and oxygen atoms in total. The van der Waals surface area contributed by atoms with Crippen LogP contribution in [-0.4, -0.2) is 19.9 Å². The van der Waals surface area contributed by atoms with E-state index in [9.17, 15) is 0 Å². The molecule has 0 N–H and O–H groups in total. The minimum Gasteiger partial charge on any atom is -0.256 e. The smallest absolute Gasteiger partial charge is 0.0789 e. The molecule has 28 rings (SSSR count). The number of hydrogen-bond acceptors (Lipinski definition) is 4. The van der Waals surface area contributed by atoms with E-state index in [0.29, 0.717) is 0 Å². The Kier molecular flexibility index (Phi) is 19.4. The van der Waals surface area contributed by atoms with Crippen molar-refractivity contribution in [1.29, 1.82) is 0 Å². The standard InChI is InChI=1S/C44H35N.C36H31N.C30H25N.C26H25N/c1-43(2)26-44(3,4)42-37-23-35-36(24-39(37)45-25-38(42)43)41(32-22-12-16-28-14-6-8-18-30(28)32)34-20-10-9-19-33(34)40(35)31-21-11-15-27-13-5-7-17-29(27)31;1-35(2)22-36(3,4)34-29-19-27-28(20-31(29)37-21-30(34)35)33(24-15-9-6-10-16-24)26-18-12-11-17-25(26)32(27)23-13-7-5-8-14-23;1-29(2)16-30(3,4)28-23(29)15-31-24-14-22-20-11-6-9-17-8-5-10-18(25(17)20)19-12-7-13-21(26(19)22)27(24)28;1-25(2)16-26(3,4)23-20-14-18-12-8-9-13-19(18)22(17-10-6-5-7-11-17)24(20)27-15-21(23)25/h5-25H,26H2,1-4H3;5-21H,22H2,1-4H3;5-15H,16H2,1-4H3;5-15H,16H2,1-4H3. The van der Waals surface area contributed by atoms with Crippen LogP contribution in [-0.2, 0) is 43.3 Å². The van der Waals surface area contributed by atoms with Crippen LogP contribution in [0.5, 0.6) is 0 Å². The topological polar surface area (TPSA) is 51.6 Å². The summed E-state index contributed by atoms with van der Waals surface area (Å²) in [7, 11) is 0. The van der Waals surface area contributed by atoms with E-state index in [1.807, 2.05) is 0 Å². The number of hydrogen-bond donors (Lipinski definition) is 0. The van der Waals surface area contributed by atoms with E-state index < -0.39 is 0 Å². The summed E-state index contributed by atoms with van der Waals surface area (Å²) in [6.45, 7) is 38.2. The quantitative estimate of drug-likeness (QED) is 0.127. The van der Waals surface area contributed by atoms with Crippen LogP contribution in [0.15, 0.2) is 365 Å². The van der Waals surface area contributed by atoms with Crippen molar-refractivity contribution in [3.8, 4) is 55.6 Å². The average Bonchev–Trinajstić information content (AvgIpc) is 1.29. The van der Waals surface area contributed by atoms with Crippen molar-refractivity contribution < 1.29 is 0 Å². The molecule has 0 radical (unpaired) electrons. The first-order valence-corrected chi connectivity index (χ1v) is 50.5. The van der Waals surface area contributed by atoms with E-state index in [-0.39, 0.29) is 43.3 Å². The number of pyridine rings is 4. The second-order valence-corrected chi connectivity index (χ2v) is 46.2. The fourth-order valence-electron chi connectivity index (χ4n) is 28.4. The van der Waals surface area contributed by atoms with Gasteiger partial charge < -0.3 is 0 Å². The second kappa shape index (κ2) is 31.3. The molecule has 4 aliphatic rings. The highest BCUT2D eigenvalue weighted by Crippen LogP contribution is 2.60. The molecule has 4 heteroatoms. The van der Waals surface area contributed by atoms with Gasteiger partial charge in [-0.3, -0.25) is 19.9 Å². The molecule has 140 heavy (non-hydrogen) atoms. The van der Waals surface area contributed by atoms with Gasteiger partial charge in [0.05, 0.1) is 22.1 Å². The summed E-state index contributed by atoms with van der Waals surface area (Å²) >= 11 is 0. The van der Waals surface area contributed by atoms with Gasteiger partial charge in [-0.2, -0.15) is 0 Å². The minimum atomic E-state index is 0.0582. The normalized spacial score (nSPS) is 16.3. The third kappa shape index (κ3) is 13.4. The molecular formula is C136H116N4. The molecule has 0 amide bonds. The van der Waals surface area contributed by atoms with E-state index in [4.69, 9.17) is 19.9 Å². The summed E-state index contributed by atoms with van der Waals surface area (Å²) in [6, 6.07) is 125. The molecule has 0 fully saturated rings. The molecular weight excluding hydrogens is 1690 g/mol. The maximum atomic E-state index is 5.19. The predicted molar refractivity (Wildman–Crippen MR) is 601 cm³/mol. The van der Waals surface area contributed by atoms with Crippen LogP contribution in [0.4, 0.5) is 0 Å². The molecule has 0 aliphatic heterocycles. The van der Waals surface area contributed by atoms with Crippen LogP contribution >= 0.6 is 0 Å². The van der Waals surface area contributed by atoms with Crippen molar-refractivity contribution in [3.63, 3.8) is 0 Å². The molecule has 0 saturated carbocycles. The van der Waals surface area contributed by atoms with Crippen molar-refractivity contribution in [3.05, 3.63) is 409 Å². The Morgan fingerprint density at radius 2 is 0.471 bits per heavy atom. The Bertz CT molecular complexity index is 9330. The first-order valence-electron chi connectivity index (χ1n) is 50.5. The van der Waals surface area contributed by atoms with Crippen LogP contribution in [0, 0.1) is 0 Å². The molecule has 680 valence electrons. The maximum absolute atomic E-state index is 5.19. The molecule has 0 bridgehead atoms. The van der Waals surface area contributed by atoms with Gasteiger partial charge in [-0.1, -0.05) is 414 Å². The summed E-state index contributed by atoms with van der Waals surface area (Å²) in [5.41, 5.74) is 29.6. The van der Waals surface area contributed by atoms with Gasteiger partial charge in [-0.25, -0.2) is 0 Å². The second-order valence-electron chi connectivity index (χ2n) is 46.2. The van der Waals surface area contributed by atoms with Crippen LogP contribution in [0.1, 0.15) is 181 Å². The van der Waals surface area contributed by atoms with Crippen molar-refractivity contribution in [2.75, 3.05) is 0 Å². The van der Waals surface area contributed by atoms with Crippen LogP contribution in [0.3, 0.4) is 0 Å². The lowest BCUT2D eigenvalue weighted by Gasteiger charge is -2.23. The monoisotopic (exact) mass is 1800 g/mol. The van der Waals surface area contributed by atoms with Crippen LogP contribution in [0.25, 0.3) is 218 Å². The molecule has 4 aliphatic carbocycles. The highest BCUT2D eigenvalue weighted by Gasteiger charge is 2.48. The lowest BCUT2D eigenvalue weighted by Crippen LogP contribution is -2.18. The SMILES string of the molecule is CC1(C)CC(C)(C)c2c1cnc1c(-c3ccccc3)c3ccccc3cc21.CC1(C)CC(C)(C)c2c1cnc1cc3c(-c4cccc5ccccc45)c4ccccc4c(-c4cccc5ccccc45)c3cc21.CC1(C)CC(C)(C)c2c1cnc1cc3c(-c4ccccc4)c4ccccc4c(-c4ccccc4)c3cc21.CC1(C)CC(C)(C)c2c1cnc1cc3c4cccc5cccc(c6cccc(c21)c63)c54. The van der Waals surface area contributed by atoms with Gasteiger partial charge in [0.2, 0.25) is 0 Å². The van der Waals surface area contributed by atoms with Gasteiger partial charge in [0.15, 0.2) is 0 Å². The first-order chi connectivity index (χ1) is 67.4. The average molecular weight is 1810 g/mol. The van der Waals surface area contributed by atoms with E-state index in [1.165, 1.54) is 240 Å². The fourth-order valence-corrected chi connectivity index (χ4v) is 28.4. The zero-order valence-electron chi connectivity index (χ0n) is 83.3. The largest absolute Gasteiger partial charge is 0.256 e. The predicted octanol–water partition coefficient (Wildman–Crippen LogP) is 37.2. The Balaban J connectivity index is 0.000000100. The summed E-state index contributed by atoms with van der Waals surface area (Å²) in [5, 5.41) is 33.9. The molecule has 24 aromatic rings. The third-order valence-corrected chi connectivity index (χ3v) is 32.8. The zero-order chi connectivity index (χ0) is 95.8. The number of aromatic nitrogens is 4. The Morgan fingerprint density at radius 1 is 0.171 bits per heavy atom. The van der Waals surface area contributed by atoms with Crippen molar-refractivity contribution in [1.82, 2.24) is 19.9 Å². The molecule has 0 atom stereocenters. The highest BCUT2D eigenvalue weighted by atomic mass is 14.7. The summed E-state index contributed by atoms with van der Waals surface area (Å²) in [6.07, 6.45) is 13.2. The van der Waals surface area contributed by atoms with Gasteiger partial charge in [-0.15, -0.1) is 0 Å². The minimum absolute atomic E-state index is 0.0582. The van der Waals surface area contributed by atoms with Crippen LogP contribution < -0.4 is 0 Å². The zero-order valence-corrected chi connectivity index (χ0v) is 83.3. The van der Waals surface area contributed by atoms with Gasteiger partial charge in [0, 0.05) is 51.9 Å². The molecule has 0 spiro atoms. The lowest BCUT2D eigenvalue weighted by atomic mass is 9.80. The fraction of sp³-hybridized carbons (Fsp3) is 0.206. The summed E-state index contributed by atoms with van der Waals surface area (Å²) in [5.74, 6) is 0. The molecule has 20 aromatic carbocycles. The summed E-state index contributed by atoms with van der Waals surface area (Å²) < 4.78 is 0. The highest BCUT2D eigenvalue weighted by molar-refractivity contribution is 6.37. The molecule has 4 aromatic heterocycles. The molecule has 0 saturated heterocycles. The third-order valence-electron chi connectivity index (χ3n) is 32.8. The maximum Gasteiger partial charge on any atom is 0.0789 e. The van der Waals surface area contributed by atoms with Gasteiger partial charge in [0.1, 0.15) is 0 Å². The van der Waals surface area contributed by atoms with Gasteiger partial charge in [-0.05, 0) is 318 Å². The van der Waals surface area contributed by atoms with Crippen molar-refractivity contribution >= 4 is 162 Å². The lowest BCUT2D eigenvalue weighted by molar-refractivity contribution is 0.403. The Hall–Kier alpha value is -14.8. The van der Waals surface area contributed by atoms with Gasteiger partial charge >= 0.3 is 0 Å². The molecule has 0 unspecified atom stereocenters. The summed E-state index contributed by atoms with van der Waals surface area (Å²) in [4.78, 5) is 20.4.